The van der Waals surface area contributed by atoms with E-state index in [4.69, 9.17) is 5.26 Å². The topological polar surface area (TPSA) is 33.0 Å². The molecule has 0 bridgehead atoms. The number of ether oxygens (including phenoxy) is 1. The molecule has 0 spiro atoms. The van der Waals surface area contributed by atoms with Crippen molar-refractivity contribution in [3.05, 3.63) is 76.4 Å². The Morgan fingerprint density at radius 2 is 1.52 bits per heavy atom. The van der Waals surface area contributed by atoms with Gasteiger partial charge in [-0.2, -0.15) is 14.0 Å². The maximum absolute atomic E-state index is 14.6. The molecule has 3 rings (SSSR count). The van der Waals surface area contributed by atoms with Crippen LogP contribution in [0.3, 0.4) is 0 Å². The van der Waals surface area contributed by atoms with Gasteiger partial charge in [0.05, 0.1) is 0 Å². The van der Waals surface area contributed by atoms with E-state index in [0.717, 1.165) is 37.8 Å². The first-order chi connectivity index (χ1) is 15.7. The lowest BCUT2D eigenvalue weighted by Crippen LogP contribution is -2.26. The third-order valence-electron chi connectivity index (χ3n) is 5.92. The molecule has 0 aromatic heterocycles. The summed E-state index contributed by atoms with van der Waals surface area (Å²) in [6.45, 7) is 2.05. The number of allylic oxidation sites excluding steroid dienone is 2. The lowest BCUT2D eigenvalue weighted by Gasteiger charge is -2.29. The molecule has 1 fully saturated rings. The first kappa shape index (κ1) is 24.7. The molecule has 1 saturated carbocycles. The smallest absolute Gasteiger partial charge is 0.429 e. The van der Waals surface area contributed by atoms with Gasteiger partial charge in [-0.1, -0.05) is 19.1 Å². The number of nitriles is 1. The van der Waals surface area contributed by atoms with Crippen molar-refractivity contribution in [2.24, 2.45) is 5.92 Å². The summed E-state index contributed by atoms with van der Waals surface area (Å²) >= 11 is 0. The molecule has 2 nitrogen and oxygen atoms in total. The van der Waals surface area contributed by atoms with Gasteiger partial charge in [-0.25, -0.2) is 17.6 Å². The van der Waals surface area contributed by atoms with E-state index in [1.807, 2.05) is 0 Å². The summed E-state index contributed by atoms with van der Waals surface area (Å²) in [4.78, 5) is 0. The van der Waals surface area contributed by atoms with Crippen LogP contribution >= 0.6 is 0 Å². The zero-order chi connectivity index (χ0) is 24.2. The third kappa shape index (κ3) is 5.70. The molecule has 2 aromatic rings. The minimum Gasteiger partial charge on any atom is -0.429 e. The molecule has 176 valence electrons. The number of hydrogen-bond donors (Lipinski definition) is 0. The summed E-state index contributed by atoms with van der Waals surface area (Å²) in [7, 11) is 0. The van der Waals surface area contributed by atoms with Crippen LogP contribution in [0.15, 0.2) is 36.4 Å². The highest BCUT2D eigenvalue weighted by Gasteiger charge is 2.42. The second-order valence-electron chi connectivity index (χ2n) is 8.19. The lowest BCUT2D eigenvalue weighted by atomic mass is 9.77. The molecule has 1 aliphatic carbocycles. The maximum atomic E-state index is 14.6. The average molecular weight is 467 g/mol. The second kappa shape index (κ2) is 10.3. The van der Waals surface area contributed by atoms with E-state index in [1.165, 1.54) is 6.07 Å². The highest BCUT2D eigenvalue weighted by molar-refractivity contribution is 5.39. The summed E-state index contributed by atoms with van der Waals surface area (Å²) < 4.78 is 90.0. The minimum absolute atomic E-state index is 0.147. The van der Waals surface area contributed by atoms with Crippen LogP contribution < -0.4 is 4.74 Å². The molecular weight excluding hydrogens is 444 g/mol. The van der Waals surface area contributed by atoms with E-state index < -0.39 is 46.3 Å². The summed E-state index contributed by atoms with van der Waals surface area (Å²) in [6, 6.07) is 3.70. The standard InChI is InChI=1S/C25H23F6NO/c1-2-3-4-5-15-6-8-16(9-7-15)17-10-22(28)24(23(29)11-17)25(30,31)33-18-12-20(26)19(14-32)21(27)13-18/h3-4,10-13,15-16H,2,5-9H2,1H3/b4-3-. The predicted molar refractivity (Wildman–Crippen MR) is 111 cm³/mol. The fourth-order valence-electron chi connectivity index (χ4n) is 4.21. The summed E-state index contributed by atoms with van der Waals surface area (Å²) in [5, 5.41) is 8.65. The van der Waals surface area contributed by atoms with Gasteiger partial charge in [0, 0.05) is 12.1 Å². The zero-order valence-corrected chi connectivity index (χ0v) is 18.0. The molecule has 0 atom stereocenters. The molecule has 0 aliphatic heterocycles. The molecule has 33 heavy (non-hydrogen) atoms. The van der Waals surface area contributed by atoms with Crippen molar-refractivity contribution in [2.75, 3.05) is 0 Å². The second-order valence-corrected chi connectivity index (χ2v) is 8.19. The molecule has 0 radical (unpaired) electrons. The van der Waals surface area contributed by atoms with Crippen LogP contribution in [-0.2, 0) is 6.11 Å². The van der Waals surface area contributed by atoms with Crippen molar-refractivity contribution in [2.45, 2.75) is 57.5 Å². The van der Waals surface area contributed by atoms with E-state index >= 15 is 0 Å². The third-order valence-corrected chi connectivity index (χ3v) is 5.92. The van der Waals surface area contributed by atoms with Crippen LogP contribution in [0.1, 0.15) is 68.1 Å². The number of nitrogens with zero attached hydrogens (tertiary/aromatic N) is 1. The first-order valence-corrected chi connectivity index (χ1v) is 10.8. The van der Waals surface area contributed by atoms with Crippen LogP contribution in [0.5, 0.6) is 5.75 Å². The van der Waals surface area contributed by atoms with E-state index in [-0.39, 0.29) is 5.92 Å². The number of hydrogen-bond acceptors (Lipinski definition) is 2. The van der Waals surface area contributed by atoms with Crippen molar-refractivity contribution >= 4 is 0 Å². The van der Waals surface area contributed by atoms with E-state index in [1.54, 1.807) is 0 Å². The quantitative estimate of drug-likeness (QED) is 0.307. The Balaban J connectivity index is 1.77. The van der Waals surface area contributed by atoms with Crippen molar-refractivity contribution in [3.8, 4) is 11.8 Å². The van der Waals surface area contributed by atoms with E-state index in [2.05, 4.69) is 23.8 Å². The van der Waals surface area contributed by atoms with E-state index in [9.17, 15) is 26.3 Å². The van der Waals surface area contributed by atoms with Gasteiger partial charge in [-0.3, -0.25) is 0 Å². The normalized spacial score (nSPS) is 19.0. The van der Waals surface area contributed by atoms with Crippen molar-refractivity contribution < 1.29 is 31.1 Å². The van der Waals surface area contributed by atoms with Gasteiger partial charge in [-0.05, 0) is 68.1 Å². The highest BCUT2D eigenvalue weighted by Crippen LogP contribution is 2.41. The van der Waals surface area contributed by atoms with Crippen LogP contribution in [-0.4, -0.2) is 0 Å². The SMILES string of the molecule is CC/C=C\CC1CCC(c2cc(F)c(C(F)(F)Oc3cc(F)c(C#N)c(F)c3)c(F)c2)CC1. The van der Waals surface area contributed by atoms with Crippen molar-refractivity contribution in [1.29, 1.82) is 5.26 Å². The highest BCUT2D eigenvalue weighted by atomic mass is 19.3. The maximum Gasteiger partial charge on any atom is 0.432 e. The van der Waals surface area contributed by atoms with Gasteiger partial charge in [0.15, 0.2) is 0 Å². The number of halogens is 6. The van der Waals surface area contributed by atoms with Crippen LogP contribution in [0, 0.1) is 40.5 Å². The predicted octanol–water partition coefficient (Wildman–Crippen LogP) is 7.87. The molecule has 1 aliphatic rings. The summed E-state index contributed by atoms with van der Waals surface area (Å²) in [5.74, 6) is -6.53. The molecule has 0 N–H and O–H groups in total. The van der Waals surface area contributed by atoms with Crippen LogP contribution in [0.4, 0.5) is 26.3 Å². The van der Waals surface area contributed by atoms with Gasteiger partial charge in [0.1, 0.15) is 46.2 Å². The molecule has 0 heterocycles. The van der Waals surface area contributed by atoms with Crippen molar-refractivity contribution in [1.82, 2.24) is 0 Å². The Hall–Kier alpha value is -2.95. The summed E-state index contributed by atoms with van der Waals surface area (Å²) in [5.41, 5.74) is -2.33. The Bertz CT molecular complexity index is 1020. The molecule has 0 saturated heterocycles. The average Bonchev–Trinajstić information content (AvgIpc) is 2.73. The fourth-order valence-corrected chi connectivity index (χ4v) is 4.21. The Labute approximate surface area is 188 Å². The lowest BCUT2D eigenvalue weighted by molar-refractivity contribution is -0.189. The molecule has 8 heteroatoms. The van der Waals surface area contributed by atoms with Gasteiger partial charge in [-0.15, -0.1) is 0 Å². The largest absolute Gasteiger partial charge is 0.432 e. The van der Waals surface area contributed by atoms with Crippen LogP contribution in [0.2, 0.25) is 0 Å². The summed E-state index contributed by atoms with van der Waals surface area (Å²) in [6.07, 6.45) is 4.73. The molecule has 0 unspecified atom stereocenters. The number of alkyl halides is 2. The van der Waals surface area contributed by atoms with Gasteiger partial charge in [0.25, 0.3) is 0 Å². The minimum atomic E-state index is -4.54. The fraction of sp³-hybridized carbons (Fsp3) is 0.400. The molecular formula is C25H23F6NO. The van der Waals surface area contributed by atoms with Gasteiger partial charge < -0.3 is 4.74 Å². The Kier molecular flexibility index (Phi) is 7.72. The molecule has 0 amide bonds. The Morgan fingerprint density at radius 1 is 0.939 bits per heavy atom. The van der Waals surface area contributed by atoms with Gasteiger partial charge >= 0.3 is 6.11 Å². The number of rotatable bonds is 7. The zero-order valence-electron chi connectivity index (χ0n) is 18.0. The Morgan fingerprint density at radius 3 is 2.03 bits per heavy atom. The van der Waals surface area contributed by atoms with E-state index in [0.29, 0.717) is 36.5 Å². The molecule has 2 aromatic carbocycles. The first-order valence-electron chi connectivity index (χ1n) is 10.8. The number of benzene rings is 2. The van der Waals surface area contributed by atoms with Crippen LogP contribution in [0.25, 0.3) is 0 Å². The van der Waals surface area contributed by atoms with Crippen molar-refractivity contribution in [3.63, 3.8) is 0 Å². The van der Waals surface area contributed by atoms with Gasteiger partial charge in [0.2, 0.25) is 0 Å². The monoisotopic (exact) mass is 467 g/mol.